The molecule has 0 saturated heterocycles. The first-order valence-corrected chi connectivity index (χ1v) is 9.42. The third-order valence-electron chi connectivity index (χ3n) is 3.92. The molecule has 0 aliphatic heterocycles. The molecule has 27 heavy (non-hydrogen) atoms. The average Bonchev–Trinajstić information content (AvgIpc) is 3.36. The first-order valence-electron chi connectivity index (χ1n) is 7.85. The zero-order chi connectivity index (χ0) is 19.0. The van der Waals surface area contributed by atoms with Crippen LogP contribution in [0.25, 0.3) is 10.2 Å². The number of hydrogen-bond donors (Lipinski definition) is 0. The zero-order valence-electron chi connectivity index (χ0n) is 14.0. The molecule has 3 aromatic heterocycles. The number of esters is 1. The van der Waals surface area contributed by atoms with Crippen LogP contribution in [0.15, 0.2) is 35.2 Å². The monoisotopic (exact) mass is 422 g/mol. The van der Waals surface area contributed by atoms with E-state index in [0.29, 0.717) is 27.3 Å². The summed E-state index contributed by atoms with van der Waals surface area (Å²) >= 11 is 13.8. The molecule has 3 heterocycles. The summed E-state index contributed by atoms with van der Waals surface area (Å²) in [6.07, 6.45) is 1.18. The van der Waals surface area contributed by atoms with Crippen LogP contribution in [0.5, 0.6) is 0 Å². The zero-order valence-corrected chi connectivity index (χ0v) is 16.3. The molecular formula is C17H12Cl2N4O3S. The van der Waals surface area contributed by atoms with Gasteiger partial charge in [-0.15, -0.1) is 11.3 Å². The average molecular weight is 423 g/mol. The Morgan fingerprint density at radius 2 is 2.11 bits per heavy atom. The molecule has 0 bridgehead atoms. The van der Waals surface area contributed by atoms with Crippen LogP contribution in [-0.4, -0.2) is 25.9 Å². The minimum atomic E-state index is -0.456. The van der Waals surface area contributed by atoms with Gasteiger partial charge in [0.2, 0.25) is 12.2 Å². The van der Waals surface area contributed by atoms with Gasteiger partial charge in [-0.1, -0.05) is 34.4 Å². The maximum absolute atomic E-state index is 12.3. The Bertz CT molecular complexity index is 1100. The second-order valence-corrected chi connectivity index (χ2v) is 7.54. The van der Waals surface area contributed by atoms with E-state index in [0.717, 1.165) is 21.5 Å². The van der Waals surface area contributed by atoms with Gasteiger partial charge in [0.1, 0.15) is 9.71 Å². The molecule has 7 nitrogen and oxygen atoms in total. The minimum Gasteiger partial charge on any atom is -0.453 e. The molecule has 1 aromatic carbocycles. The topological polar surface area (TPSA) is 83.0 Å². The van der Waals surface area contributed by atoms with Crippen molar-refractivity contribution in [2.45, 2.75) is 20.1 Å². The highest BCUT2D eigenvalue weighted by Crippen LogP contribution is 2.31. The van der Waals surface area contributed by atoms with Crippen molar-refractivity contribution < 1.29 is 14.1 Å². The Balaban J connectivity index is 1.61. The lowest BCUT2D eigenvalue weighted by molar-refractivity contribution is 0.0465. The molecule has 0 aliphatic carbocycles. The van der Waals surface area contributed by atoms with Crippen LogP contribution in [0.1, 0.15) is 26.8 Å². The summed E-state index contributed by atoms with van der Waals surface area (Å²) in [6.45, 7) is 2.23. The normalized spacial score (nSPS) is 11.2. The first kappa shape index (κ1) is 18.0. The number of aryl methyl sites for hydroxylation is 1. The van der Waals surface area contributed by atoms with Crippen LogP contribution >= 0.6 is 34.5 Å². The molecule has 0 radical (unpaired) electrons. The Kier molecular flexibility index (Phi) is 4.86. The van der Waals surface area contributed by atoms with Crippen LogP contribution in [-0.2, 0) is 17.9 Å². The van der Waals surface area contributed by atoms with Crippen molar-refractivity contribution in [3.8, 4) is 0 Å². The second-order valence-electron chi connectivity index (χ2n) is 5.70. The number of carbonyl (C=O) groups is 1. The smallest absolute Gasteiger partial charge is 0.348 e. The van der Waals surface area contributed by atoms with E-state index in [1.807, 2.05) is 6.92 Å². The van der Waals surface area contributed by atoms with Crippen LogP contribution in [0.2, 0.25) is 10.0 Å². The molecule has 0 spiro atoms. The quantitative estimate of drug-likeness (QED) is 0.440. The van der Waals surface area contributed by atoms with E-state index < -0.39 is 5.97 Å². The van der Waals surface area contributed by atoms with E-state index in [-0.39, 0.29) is 6.61 Å². The first-order chi connectivity index (χ1) is 13.0. The van der Waals surface area contributed by atoms with Gasteiger partial charge in [-0.25, -0.2) is 9.48 Å². The van der Waals surface area contributed by atoms with E-state index in [9.17, 15) is 4.79 Å². The van der Waals surface area contributed by atoms with Crippen molar-refractivity contribution in [1.29, 1.82) is 0 Å². The summed E-state index contributed by atoms with van der Waals surface area (Å²) < 4.78 is 11.6. The van der Waals surface area contributed by atoms with E-state index in [1.165, 1.54) is 17.7 Å². The number of ether oxygens (including phenoxy) is 1. The largest absolute Gasteiger partial charge is 0.453 e. The lowest BCUT2D eigenvalue weighted by atomic mass is 10.2. The van der Waals surface area contributed by atoms with Gasteiger partial charge < -0.3 is 9.26 Å². The highest BCUT2D eigenvalue weighted by atomic mass is 35.5. The van der Waals surface area contributed by atoms with Gasteiger partial charge in [0.05, 0.1) is 12.2 Å². The van der Waals surface area contributed by atoms with Gasteiger partial charge in [0.15, 0.2) is 6.61 Å². The molecule has 0 unspecified atom stereocenters. The molecular weight excluding hydrogens is 411 g/mol. The van der Waals surface area contributed by atoms with Gasteiger partial charge in [-0.2, -0.15) is 10.1 Å². The van der Waals surface area contributed by atoms with Crippen molar-refractivity contribution in [2.75, 3.05) is 0 Å². The standard InChI is InChI=1S/C17H12Cl2N4O3S/c1-9-10-5-14(17(24)25-7-15-20-8-26-22-15)27-16(10)23(21-9)6-11-12(18)3-2-4-13(11)19/h2-5,8H,6-7H2,1H3. The molecule has 0 fully saturated rings. The summed E-state index contributed by atoms with van der Waals surface area (Å²) in [5.41, 5.74) is 1.58. The van der Waals surface area contributed by atoms with Crippen LogP contribution in [0.3, 0.4) is 0 Å². The number of nitrogens with zero attached hydrogens (tertiary/aromatic N) is 4. The Hall–Kier alpha value is -2.42. The third-order valence-corrected chi connectivity index (χ3v) is 5.75. The molecule has 10 heteroatoms. The second kappa shape index (κ2) is 7.30. The fourth-order valence-corrected chi connectivity index (χ4v) is 4.18. The Morgan fingerprint density at radius 1 is 1.33 bits per heavy atom. The van der Waals surface area contributed by atoms with E-state index in [1.54, 1.807) is 28.9 Å². The molecule has 0 aliphatic rings. The van der Waals surface area contributed by atoms with Crippen LogP contribution in [0, 0.1) is 6.92 Å². The fourth-order valence-electron chi connectivity index (χ4n) is 2.61. The molecule has 4 rings (SSSR count). The van der Waals surface area contributed by atoms with Gasteiger partial charge in [-0.3, -0.25) is 0 Å². The van der Waals surface area contributed by atoms with Crippen LogP contribution in [0.4, 0.5) is 0 Å². The van der Waals surface area contributed by atoms with Gasteiger partial charge >= 0.3 is 5.97 Å². The number of benzene rings is 1. The summed E-state index contributed by atoms with van der Waals surface area (Å²) in [5, 5.41) is 10.2. The van der Waals surface area contributed by atoms with Gasteiger partial charge in [0.25, 0.3) is 0 Å². The fraction of sp³-hybridized carbons (Fsp3) is 0.176. The number of fused-ring (bicyclic) bond motifs is 1. The van der Waals surface area contributed by atoms with E-state index in [4.69, 9.17) is 27.9 Å². The SMILES string of the molecule is Cc1nn(Cc2c(Cl)cccc2Cl)c2sc(C(=O)OCc3ncon3)cc12. The summed E-state index contributed by atoms with van der Waals surface area (Å²) in [5.74, 6) is -0.150. The predicted molar refractivity (Wildman–Crippen MR) is 101 cm³/mol. The molecule has 0 saturated carbocycles. The Morgan fingerprint density at radius 3 is 2.81 bits per heavy atom. The number of hydrogen-bond acceptors (Lipinski definition) is 7. The molecule has 0 atom stereocenters. The number of carbonyl (C=O) groups excluding carboxylic acids is 1. The Labute approximate surface area is 167 Å². The van der Waals surface area contributed by atoms with E-state index >= 15 is 0 Å². The third kappa shape index (κ3) is 3.55. The molecule has 138 valence electrons. The molecule has 0 amide bonds. The van der Waals surface area contributed by atoms with Crippen molar-refractivity contribution in [2.24, 2.45) is 0 Å². The summed E-state index contributed by atoms with van der Waals surface area (Å²) in [6, 6.07) is 7.13. The number of aromatic nitrogens is 4. The predicted octanol–water partition coefficient (Wildman–Crippen LogP) is 4.50. The maximum Gasteiger partial charge on any atom is 0.348 e. The van der Waals surface area contributed by atoms with Crippen LogP contribution < -0.4 is 0 Å². The molecule has 0 N–H and O–H groups in total. The van der Waals surface area contributed by atoms with Gasteiger partial charge in [-0.05, 0) is 25.1 Å². The van der Waals surface area contributed by atoms with Crippen molar-refractivity contribution in [3.05, 3.63) is 62.7 Å². The summed E-state index contributed by atoms with van der Waals surface area (Å²) in [4.78, 5) is 17.5. The summed E-state index contributed by atoms with van der Waals surface area (Å²) in [7, 11) is 0. The molecule has 4 aromatic rings. The number of halogens is 2. The van der Waals surface area contributed by atoms with Gasteiger partial charge in [0, 0.05) is 21.0 Å². The minimum absolute atomic E-state index is 0.0517. The van der Waals surface area contributed by atoms with Crippen molar-refractivity contribution >= 4 is 50.7 Å². The lowest BCUT2D eigenvalue weighted by Gasteiger charge is -2.07. The number of thiophene rings is 1. The lowest BCUT2D eigenvalue weighted by Crippen LogP contribution is -2.05. The highest BCUT2D eigenvalue weighted by Gasteiger charge is 2.19. The van der Waals surface area contributed by atoms with Crippen molar-refractivity contribution in [1.82, 2.24) is 19.9 Å². The van der Waals surface area contributed by atoms with E-state index in [2.05, 4.69) is 19.8 Å². The highest BCUT2D eigenvalue weighted by molar-refractivity contribution is 7.20. The van der Waals surface area contributed by atoms with Crippen molar-refractivity contribution in [3.63, 3.8) is 0 Å². The maximum atomic E-state index is 12.3. The number of rotatable bonds is 5.